The quantitative estimate of drug-likeness (QED) is 0.811. The lowest BCUT2D eigenvalue weighted by molar-refractivity contribution is -0.139. The van der Waals surface area contributed by atoms with E-state index < -0.39 is 0 Å². The van der Waals surface area contributed by atoms with Crippen molar-refractivity contribution in [3.8, 4) is 0 Å². The Bertz CT molecular complexity index is 689. The molecule has 1 aliphatic heterocycles. The van der Waals surface area contributed by atoms with Gasteiger partial charge in [0.2, 0.25) is 11.8 Å². The van der Waals surface area contributed by atoms with Crippen LogP contribution in [0, 0.1) is 17.8 Å². The highest BCUT2D eigenvalue weighted by molar-refractivity contribution is 5.82. The standard InChI is InChI=1S/C24H34N2O2/c1-2-17-9-11-19(12-10-17)21-13-22(23(27)25-14-18-7-8-18)16-26(15-21)24(28)20-5-3-4-6-20/h9-12,18,20-22H,2-8,13-16H2,1H3,(H,25,27). The first-order chi connectivity index (χ1) is 13.6. The molecule has 0 radical (unpaired) electrons. The Balaban J connectivity index is 1.48. The summed E-state index contributed by atoms with van der Waals surface area (Å²) in [5.41, 5.74) is 2.60. The zero-order valence-corrected chi connectivity index (χ0v) is 17.2. The largest absolute Gasteiger partial charge is 0.356 e. The Morgan fingerprint density at radius 2 is 1.71 bits per heavy atom. The number of carbonyl (C=O) groups excluding carboxylic acids is 2. The molecule has 1 heterocycles. The summed E-state index contributed by atoms with van der Waals surface area (Å²) in [6.45, 7) is 4.32. The van der Waals surface area contributed by atoms with Gasteiger partial charge in [-0.05, 0) is 55.6 Å². The van der Waals surface area contributed by atoms with Crippen LogP contribution in [0.3, 0.4) is 0 Å². The van der Waals surface area contributed by atoms with Crippen molar-refractivity contribution in [2.45, 2.75) is 64.2 Å². The first-order valence-electron chi connectivity index (χ1n) is 11.3. The smallest absolute Gasteiger partial charge is 0.225 e. The molecule has 2 amide bonds. The fourth-order valence-corrected chi connectivity index (χ4v) is 4.88. The molecule has 4 rings (SSSR count). The topological polar surface area (TPSA) is 49.4 Å². The Morgan fingerprint density at radius 3 is 2.36 bits per heavy atom. The molecule has 1 N–H and O–H groups in total. The van der Waals surface area contributed by atoms with Gasteiger partial charge in [0.25, 0.3) is 0 Å². The number of hydrogen-bond donors (Lipinski definition) is 1. The molecule has 0 bridgehead atoms. The van der Waals surface area contributed by atoms with Gasteiger partial charge in [0.05, 0.1) is 5.92 Å². The van der Waals surface area contributed by atoms with Gasteiger partial charge in [0.1, 0.15) is 0 Å². The zero-order chi connectivity index (χ0) is 19.5. The molecule has 0 spiro atoms. The molecule has 2 atom stereocenters. The first kappa shape index (κ1) is 19.5. The number of amides is 2. The molecule has 2 aliphatic carbocycles. The molecule has 1 aromatic carbocycles. The highest BCUT2D eigenvalue weighted by atomic mass is 16.2. The second-order valence-electron chi connectivity index (χ2n) is 9.14. The maximum Gasteiger partial charge on any atom is 0.225 e. The monoisotopic (exact) mass is 382 g/mol. The van der Waals surface area contributed by atoms with Crippen LogP contribution in [0.1, 0.15) is 68.9 Å². The summed E-state index contributed by atoms with van der Waals surface area (Å²) >= 11 is 0. The van der Waals surface area contributed by atoms with Crippen LogP contribution in [0.2, 0.25) is 0 Å². The third kappa shape index (κ3) is 4.59. The fourth-order valence-electron chi connectivity index (χ4n) is 4.88. The van der Waals surface area contributed by atoms with Gasteiger partial charge in [-0.3, -0.25) is 9.59 Å². The molecular formula is C24H34N2O2. The Morgan fingerprint density at radius 1 is 1.00 bits per heavy atom. The summed E-state index contributed by atoms with van der Waals surface area (Å²) in [6, 6.07) is 8.78. The summed E-state index contributed by atoms with van der Waals surface area (Å²) in [5.74, 6) is 1.45. The van der Waals surface area contributed by atoms with Crippen molar-refractivity contribution >= 4 is 11.8 Å². The number of piperidine rings is 1. The van der Waals surface area contributed by atoms with Crippen LogP contribution in [0.25, 0.3) is 0 Å². The van der Waals surface area contributed by atoms with Crippen LogP contribution in [0.4, 0.5) is 0 Å². The van der Waals surface area contributed by atoms with Crippen LogP contribution < -0.4 is 5.32 Å². The summed E-state index contributed by atoms with van der Waals surface area (Å²) in [4.78, 5) is 28.0. The lowest BCUT2D eigenvalue weighted by Gasteiger charge is -2.38. The molecule has 4 heteroatoms. The van der Waals surface area contributed by atoms with Crippen LogP contribution in [0.5, 0.6) is 0 Å². The predicted octanol–water partition coefficient (Wildman–Crippen LogP) is 3.90. The maximum absolute atomic E-state index is 13.1. The molecule has 4 nitrogen and oxygen atoms in total. The van der Waals surface area contributed by atoms with E-state index in [2.05, 4.69) is 36.5 Å². The average Bonchev–Trinajstić information content (AvgIpc) is 3.41. The van der Waals surface area contributed by atoms with E-state index in [1.54, 1.807) is 0 Å². The van der Waals surface area contributed by atoms with E-state index in [-0.39, 0.29) is 29.6 Å². The number of aryl methyl sites for hydroxylation is 1. The highest BCUT2D eigenvalue weighted by Gasteiger charge is 2.37. The van der Waals surface area contributed by atoms with Gasteiger partial charge in [0.15, 0.2) is 0 Å². The lowest BCUT2D eigenvalue weighted by Crippen LogP contribution is -2.49. The maximum atomic E-state index is 13.1. The second-order valence-corrected chi connectivity index (χ2v) is 9.14. The van der Waals surface area contributed by atoms with Gasteiger partial charge in [-0.25, -0.2) is 0 Å². The number of benzene rings is 1. The molecule has 3 fully saturated rings. The number of likely N-dealkylation sites (tertiary alicyclic amines) is 1. The van der Waals surface area contributed by atoms with Gasteiger partial charge in [-0.1, -0.05) is 44.0 Å². The summed E-state index contributed by atoms with van der Waals surface area (Å²) in [5, 5.41) is 3.16. The highest BCUT2D eigenvalue weighted by Crippen LogP contribution is 2.34. The minimum atomic E-state index is -0.0892. The number of rotatable bonds is 6. The van der Waals surface area contributed by atoms with Crippen molar-refractivity contribution in [2.75, 3.05) is 19.6 Å². The fraction of sp³-hybridized carbons (Fsp3) is 0.667. The van der Waals surface area contributed by atoms with Crippen LogP contribution in [-0.2, 0) is 16.0 Å². The Labute approximate surface area is 169 Å². The Kier molecular flexibility index (Phi) is 6.03. The number of nitrogens with zero attached hydrogens (tertiary/aromatic N) is 1. The molecule has 28 heavy (non-hydrogen) atoms. The third-order valence-corrected chi connectivity index (χ3v) is 6.96. The van der Waals surface area contributed by atoms with E-state index in [1.165, 1.54) is 24.0 Å². The van der Waals surface area contributed by atoms with Crippen molar-refractivity contribution in [3.05, 3.63) is 35.4 Å². The van der Waals surface area contributed by atoms with Crippen molar-refractivity contribution in [3.63, 3.8) is 0 Å². The van der Waals surface area contributed by atoms with Crippen molar-refractivity contribution in [1.82, 2.24) is 10.2 Å². The molecule has 3 aliphatic rings. The second kappa shape index (κ2) is 8.67. The summed E-state index contributed by atoms with van der Waals surface area (Å²) in [6.07, 6.45) is 8.72. The SMILES string of the molecule is CCc1ccc(C2CC(C(=O)NCC3CC3)CN(C(=O)C3CCCC3)C2)cc1. The summed E-state index contributed by atoms with van der Waals surface area (Å²) < 4.78 is 0. The molecule has 1 saturated heterocycles. The average molecular weight is 383 g/mol. The van der Waals surface area contributed by atoms with E-state index in [0.717, 1.165) is 51.6 Å². The zero-order valence-electron chi connectivity index (χ0n) is 17.2. The van der Waals surface area contributed by atoms with E-state index in [0.29, 0.717) is 12.5 Å². The number of hydrogen-bond acceptors (Lipinski definition) is 2. The van der Waals surface area contributed by atoms with E-state index in [4.69, 9.17) is 0 Å². The van der Waals surface area contributed by atoms with Crippen LogP contribution in [-0.4, -0.2) is 36.3 Å². The molecule has 1 aromatic rings. The molecule has 0 aromatic heterocycles. The van der Waals surface area contributed by atoms with Crippen LogP contribution >= 0.6 is 0 Å². The van der Waals surface area contributed by atoms with Crippen molar-refractivity contribution in [1.29, 1.82) is 0 Å². The van der Waals surface area contributed by atoms with Crippen molar-refractivity contribution in [2.24, 2.45) is 17.8 Å². The minimum Gasteiger partial charge on any atom is -0.356 e. The number of carbonyl (C=O) groups is 2. The molecular weight excluding hydrogens is 348 g/mol. The third-order valence-electron chi connectivity index (χ3n) is 6.96. The van der Waals surface area contributed by atoms with Crippen molar-refractivity contribution < 1.29 is 9.59 Å². The molecule has 2 unspecified atom stereocenters. The minimum absolute atomic E-state index is 0.0892. The van der Waals surface area contributed by atoms with Gasteiger partial charge in [-0.15, -0.1) is 0 Å². The van der Waals surface area contributed by atoms with Crippen LogP contribution in [0.15, 0.2) is 24.3 Å². The normalized spacial score (nSPS) is 25.7. The molecule has 2 saturated carbocycles. The van der Waals surface area contributed by atoms with E-state index >= 15 is 0 Å². The van der Waals surface area contributed by atoms with Gasteiger partial charge < -0.3 is 10.2 Å². The van der Waals surface area contributed by atoms with E-state index in [9.17, 15) is 9.59 Å². The number of nitrogens with one attached hydrogen (secondary N) is 1. The lowest BCUT2D eigenvalue weighted by atomic mass is 9.83. The predicted molar refractivity (Wildman–Crippen MR) is 111 cm³/mol. The van der Waals surface area contributed by atoms with Gasteiger partial charge >= 0.3 is 0 Å². The van der Waals surface area contributed by atoms with Gasteiger partial charge in [0, 0.05) is 31.5 Å². The first-order valence-corrected chi connectivity index (χ1v) is 11.3. The van der Waals surface area contributed by atoms with E-state index in [1.807, 2.05) is 4.90 Å². The van der Waals surface area contributed by atoms with Gasteiger partial charge in [-0.2, -0.15) is 0 Å². The summed E-state index contributed by atoms with van der Waals surface area (Å²) in [7, 11) is 0. The molecule has 152 valence electrons. The Hall–Kier alpha value is -1.84.